The van der Waals surface area contributed by atoms with Gasteiger partial charge in [0.25, 0.3) is 5.91 Å². The van der Waals surface area contributed by atoms with Crippen LogP contribution in [0.5, 0.6) is 5.75 Å². The van der Waals surface area contributed by atoms with Crippen LogP contribution >= 0.6 is 27.5 Å². The van der Waals surface area contributed by atoms with E-state index in [4.69, 9.17) is 16.3 Å². The van der Waals surface area contributed by atoms with Crippen LogP contribution in [0.1, 0.15) is 37.5 Å². The molecule has 0 aliphatic carbocycles. The minimum absolute atomic E-state index is 0.0148. The second kappa shape index (κ2) is 10.8. The first kappa shape index (κ1) is 24.2. The summed E-state index contributed by atoms with van der Waals surface area (Å²) in [6, 6.07) is 10.6. The molecule has 0 unspecified atom stereocenters. The number of carbonyl (C=O) groups excluding carboxylic acids is 2. The highest BCUT2D eigenvalue weighted by molar-refractivity contribution is 9.10. The quantitative estimate of drug-likeness (QED) is 0.558. The zero-order chi connectivity index (χ0) is 22.4. The molecule has 5 nitrogen and oxygen atoms in total. The average Bonchev–Trinajstić information content (AvgIpc) is 2.67. The fourth-order valence-corrected chi connectivity index (χ4v) is 3.59. The molecule has 162 valence electrons. The predicted octanol–water partition coefficient (Wildman–Crippen LogP) is 5.04. The Balaban J connectivity index is 2.19. The number of hydrogen-bond donors (Lipinski definition) is 1. The monoisotopic (exact) mass is 494 g/mol. The molecule has 2 amide bonds. The zero-order valence-corrected chi connectivity index (χ0v) is 20.3. The summed E-state index contributed by atoms with van der Waals surface area (Å²) in [6.07, 6.45) is 0. The lowest BCUT2D eigenvalue weighted by molar-refractivity contribution is -0.142. The summed E-state index contributed by atoms with van der Waals surface area (Å²) in [5.74, 6) is 0.0996. The zero-order valence-electron chi connectivity index (χ0n) is 18.0. The summed E-state index contributed by atoms with van der Waals surface area (Å²) in [6.45, 7) is 9.41. The third-order valence-electron chi connectivity index (χ3n) is 4.61. The molecular formula is C23H28BrClN2O3. The van der Waals surface area contributed by atoms with Crippen LogP contribution in [-0.2, 0) is 16.1 Å². The number of aryl methyl sites for hydroxylation is 2. The summed E-state index contributed by atoms with van der Waals surface area (Å²) >= 11 is 9.65. The van der Waals surface area contributed by atoms with Crippen LogP contribution in [0.4, 0.5) is 0 Å². The molecule has 0 aliphatic heterocycles. The highest BCUT2D eigenvalue weighted by Crippen LogP contribution is 2.26. The summed E-state index contributed by atoms with van der Waals surface area (Å²) in [4.78, 5) is 27.2. The van der Waals surface area contributed by atoms with Crippen LogP contribution in [0, 0.1) is 13.8 Å². The topological polar surface area (TPSA) is 58.6 Å². The number of amides is 2. The first-order valence-corrected chi connectivity index (χ1v) is 11.0. The molecule has 0 heterocycles. The lowest BCUT2D eigenvalue weighted by Crippen LogP contribution is -2.50. The van der Waals surface area contributed by atoms with Crippen molar-refractivity contribution >= 4 is 39.3 Å². The Morgan fingerprint density at radius 2 is 1.77 bits per heavy atom. The van der Waals surface area contributed by atoms with E-state index in [-0.39, 0.29) is 24.5 Å². The van der Waals surface area contributed by atoms with Crippen LogP contribution in [0.15, 0.2) is 40.9 Å². The molecule has 0 saturated carbocycles. The Morgan fingerprint density at radius 1 is 1.13 bits per heavy atom. The van der Waals surface area contributed by atoms with Crippen LogP contribution in [0.25, 0.3) is 0 Å². The molecule has 2 rings (SSSR count). The second-order valence-corrected chi connectivity index (χ2v) is 8.94. The molecule has 0 spiro atoms. The van der Waals surface area contributed by atoms with E-state index in [1.807, 2.05) is 52.0 Å². The van der Waals surface area contributed by atoms with E-state index in [0.717, 1.165) is 21.2 Å². The molecular weight excluding hydrogens is 468 g/mol. The van der Waals surface area contributed by atoms with Gasteiger partial charge >= 0.3 is 0 Å². The first-order valence-electron chi connectivity index (χ1n) is 9.82. The van der Waals surface area contributed by atoms with Gasteiger partial charge in [-0.05, 0) is 75.6 Å². The minimum atomic E-state index is -0.642. The number of nitrogens with zero attached hydrogens (tertiary/aromatic N) is 1. The van der Waals surface area contributed by atoms with Gasteiger partial charge in [0.1, 0.15) is 11.8 Å². The van der Waals surface area contributed by atoms with Crippen molar-refractivity contribution in [3.8, 4) is 5.75 Å². The first-order chi connectivity index (χ1) is 14.1. The smallest absolute Gasteiger partial charge is 0.261 e. The van der Waals surface area contributed by atoms with Crippen molar-refractivity contribution in [2.24, 2.45) is 0 Å². The number of halogens is 2. The molecule has 2 aromatic rings. The van der Waals surface area contributed by atoms with Crippen molar-refractivity contribution in [2.45, 2.75) is 53.2 Å². The van der Waals surface area contributed by atoms with E-state index in [1.54, 1.807) is 19.1 Å². The van der Waals surface area contributed by atoms with E-state index < -0.39 is 6.04 Å². The average molecular weight is 496 g/mol. The number of hydrogen-bond acceptors (Lipinski definition) is 3. The molecule has 7 heteroatoms. The van der Waals surface area contributed by atoms with Crippen LogP contribution < -0.4 is 10.1 Å². The minimum Gasteiger partial charge on any atom is -0.484 e. The maximum atomic E-state index is 13.1. The largest absolute Gasteiger partial charge is 0.484 e. The van der Waals surface area contributed by atoms with Crippen molar-refractivity contribution in [2.75, 3.05) is 6.61 Å². The summed E-state index contributed by atoms with van der Waals surface area (Å²) < 4.78 is 6.66. The lowest BCUT2D eigenvalue weighted by atomic mass is 10.1. The van der Waals surface area contributed by atoms with Crippen molar-refractivity contribution < 1.29 is 14.3 Å². The van der Waals surface area contributed by atoms with Crippen molar-refractivity contribution in [3.63, 3.8) is 0 Å². The third-order valence-corrected chi connectivity index (χ3v) is 5.70. The summed E-state index contributed by atoms with van der Waals surface area (Å²) in [7, 11) is 0. The van der Waals surface area contributed by atoms with E-state index in [9.17, 15) is 9.59 Å². The van der Waals surface area contributed by atoms with Gasteiger partial charge in [0.15, 0.2) is 6.61 Å². The van der Waals surface area contributed by atoms with E-state index in [2.05, 4.69) is 21.2 Å². The molecule has 0 bridgehead atoms. The highest BCUT2D eigenvalue weighted by Gasteiger charge is 2.27. The van der Waals surface area contributed by atoms with Crippen molar-refractivity contribution in [1.29, 1.82) is 0 Å². The van der Waals surface area contributed by atoms with Crippen molar-refractivity contribution in [1.82, 2.24) is 10.2 Å². The Labute approximate surface area is 191 Å². The highest BCUT2D eigenvalue weighted by atomic mass is 79.9. The number of benzene rings is 2. The van der Waals surface area contributed by atoms with Gasteiger partial charge in [0.05, 0.1) is 0 Å². The fraction of sp³-hybridized carbons (Fsp3) is 0.391. The molecule has 0 fully saturated rings. The third kappa shape index (κ3) is 6.74. The fourth-order valence-electron chi connectivity index (χ4n) is 3.04. The van der Waals surface area contributed by atoms with Gasteiger partial charge in [-0.2, -0.15) is 0 Å². The number of rotatable bonds is 8. The van der Waals surface area contributed by atoms with E-state index >= 15 is 0 Å². The molecule has 0 aromatic heterocycles. The molecule has 0 aliphatic rings. The van der Waals surface area contributed by atoms with Gasteiger partial charge in [-0.3, -0.25) is 9.59 Å². The second-order valence-electron chi connectivity index (χ2n) is 7.65. The summed E-state index contributed by atoms with van der Waals surface area (Å²) in [5, 5.41) is 3.56. The van der Waals surface area contributed by atoms with Gasteiger partial charge in [-0.15, -0.1) is 0 Å². The standard InChI is InChI=1S/C23H28BrClN2O3/c1-14(2)26-23(29)17(5)27(12-18-7-6-8-19(24)11-18)21(28)13-30-20-9-15(3)22(25)16(4)10-20/h6-11,14,17H,12-13H2,1-5H3,(H,26,29)/t17-/m0/s1. The maximum Gasteiger partial charge on any atom is 0.261 e. The van der Waals surface area contributed by atoms with Gasteiger partial charge in [0, 0.05) is 22.1 Å². The van der Waals surface area contributed by atoms with Gasteiger partial charge in [-0.1, -0.05) is 39.7 Å². The maximum absolute atomic E-state index is 13.1. The SMILES string of the molecule is Cc1cc(OCC(=O)N(Cc2cccc(Br)c2)[C@@H](C)C(=O)NC(C)C)cc(C)c1Cl. The van der Waals surface area contributed by atoms with E-state index in [1.165, 1.54) is 4.90 Å². The molecule has 1 N–H and O–H groups in total. The molecule has 30 heavy (non-hydrogen) atoms. The molecule has 0 saturated heterocycles. The summed E-state index contributed by atoms with van der Waals surface area (Å²) in [5.41, 5.74) is 2.68. The van der Waals surface area contributed by atoms with Crippen molar-refractivity contribution in [3.05, 3.63) is 62.6 Å². The van der Waals surface area contributed by atoms with E-state index in [0.29, 0.717) is 17.3 Å². The van der Waals surface area contributed by atoms with Crippen LogP contribution in [-0.4, -0.2) is 35.4 Å². The number of nitrogens with one attached hydrogen (secondary N) is 1. The molecule has 1 atom stereocenters. The molecule has 2 aromatic carbocycles. The number of carbonyl (C=O) groups is 2. The Kier molecular flexibility index (Phi) is 8.74. The van der Waals surface area contributed by atoms with Gasteiger partial charge in [0.2, 0.25) is 5.91 Å². The van der Waals surface area contributed by atoms with Crippen LogP contribution in [0.3, 0.4) is 0 Å². The normalized spacial score (nSPS) is 11.9. The lowest BCUT2D eigenvalue weighted by Gasteiger charge is -2.29. The van der Waals surface area contributed by atoms with Crippen LogP contribution in [0.2, 0.25) is 5.02 Å². The predicted molar refractivity (Wildman–Crippen MR) is 124 cm³/mol. The van der Waals surface area contributed by atoms with Gasteiger partial charge in [-0.25, -0.2) is 0 Å². The molecule has 0 radical (unpaired) electrons. The Morgan fingerprint density at radius 3 is 2.33 bits per heavy atom. The Hall–Kier alpha value is -2.05. The number of ether oxygens (including phenoxy) is 1. The Bertz CT molecular complexity index is 894. The van der Waals surface area contributed by atoms with Gasteiger partial charge < -0.3 is 15.0 Å².